The van der Waals surface area contributed by atoms with E-state index in [1.807, 2.05) is 29.3 Å². The van der Waals surface area contributed by atoms with Gasteiger partial charge in [0.2, 0.25) is 0 Å². The van der Waals surface area contributed by atoms with Crippen LogP contribution in [0.3, 0.4) is 0 Å². The van der Waals surface area contributed by atoms with Crippen LogP contribution in [0.25, 0.3) is 21.8 Å². The van der Waals surface area contributed by atoms with Crippen LogP contribution in [0.2, 0.25) is 0 Å². The Hall–Kier alpha value is -3.56. The molecule has 0 radical (unpaired) electrons. The van der Waals surface area contributed by atoms with Crippen molar-refractivity contribution in [3.63, 3.8) is 0 Å². The molecule has 1 fully saturated rings. The standard InChI is InChI=1S/C22H24N8O/c1-3-18(31)29-8-10-30(11-9-29)22-15-6-7-23-21(20(15)24-13-25-22)27-19-14(2)4-5-17-16(19)12-26-28-17/h3-7,12-13,18,31H,1,8-11H2,2H3,(H,23,27)(H,26,28). The van der Waals surface area contributed by atoms with Crippen molar-refractivity contribution in [1.29, 1.82) is 0 Å². The minimum absolute atomic E-state index is 0.613. The van der Waals surface area contributed by atoms with Gasteiger partial charge in [0.25, 0.3) is 0 Å². The van der Waals surface area contributed by atoms with Crippen LogP contribution in [0.4, 0.5) is 17.3 Å². The maximum atomic E-state index is 10.0. The summed E-state index contributed by atoms with van der Waals surface area (Å²) in [6, 6.07) is 6.01. The number of nitrogens with zero attached hydrogens (tertiary/aromatic N) is 6. The fourth-order valence-corrected chi connectivity index (χ4v) is 4.08. The number of piperazine rings is 1. The molecule has 1 aliphatic heterocycles. The number of hydrogen-bond acceptors (Lipinski definition) is 8. The molecule has 0 amide bonds. The SMILES string of the molecule is C=CC(O)N1CCN(c2ncnc3c(Nc4c(C)ccc5[nH]ncc45)nccc23)CC1. The molecule has 4 aromatic rings. The molecule has 5 rings (SSSR count). The monoisotopic (exact) mass is 416 g/mol. The number of hydrogen-bond donors (Lipinski definition) is 3. The second-order valence-corrected chi connectivity index (χ2v) is 7.64. The van der Waals surface area contributed by atoms with E-state index in [2.05, 4.69) is 48.9 Å². The summed E-state index contributed by atoms with van der Waals surface area (Å²) in [6.45, 7) is 8.71. The number of fused-ring (bicyclic) bond motifs is 2. The summed E-state index contributed by atoms with van der Waals surface area (Å²) >= 11 is 0. The zero-order valence-corrected chi connectivity index (χ0v) is 17.3. The Morgan fingerprint density at radius 2 is 1.97 bits per heavy atom. The Bertz CT molecular complexity index is 1240. The summed E-state index contributed by atoms with van der Waals surface area (Å²) in [5, 5.41) is 22.6. The second kappa shape index (κ2) is 7.93. The number of anilines is 3. The van der Waals surface area contributed by atoms with E-state index >= 15 is 0 Å². The highest BCUT2D eigenvalue weighted by atomic mass is 16.3. The first-order valence-corrected chi connectivity index (χ1v) is 10.2. The molecule has 0 saturated carbocycles. The maximum absolute atomic E-state index is 10.0. The third kappa shape index (κ3) is 3.47. The molecular weight excluding hydrogens is 392 g/mol. The highest BCUT2D eigenvalue weighted by Gasteiger charge is 2.23. The van der Waals surface area contributed by atoms with E-state index in [1.165, 1.54) is 0 Å². The fraction of sp³-hybridized carbons (Fsp3) is 0.273. The van der Waals surface area contributed by atoms with Gasteiger partial charge in [-0.05, 0) is 30.7 Å². The van der Waals surface area contributed by atoms with E-state index < -0.39 is 6.23 Å². The van der Waals surface area contributed by atoms with Gasteiger partial charge in [0.05, 0.1) is 17.4 Å². The number of H-pyrrole nitrogens is 1. The first-order chi connectivity index (χ1) is 15.2. The van der Waals surface area contributed by atoms with Crippen LogP contribution in [0.1, 0.15) is 5.56 Å². The van der Waals surface area contributed by atoms with E-state index in [4.69, 9.17) is 0 Å². The number of benzene rings is 1. The average molecular weight is 416 g/mol. The highest BCUT2D eigenvalue weighted by Crippen LogP contribution is 2.32. The van der Waals surface area contributed by atoms with Gasteiger partial charge < -0.3 is 15.3 Å². The predicted molar refractivity (Wildman–Crippen MR) is 121 cm³/mol. The Kier molecular flexibility index (Phi) is 4.97. The van der Waals surface area contributed by atoms with Gasteiger partial charge in [-0.1, -0.05) is 12.6 Å². The van der Waals surface area contributed by atoms with Crippen LogP contribution in [-0.2, 0) is 0 Å². The molecule has 1 aromatic carbocycles. The summed E-state index contributed by atoms with van der Waals surface area (Å²) in [7, 11) is 0. The van der Waals surface area contributed by atoms with Crippen LogP contribution in [-0.4, -0.2) is 67.6 Å². The zero-order chi connectivity index (χ0) is 21.4. The van der Waals surface area contributed by atoms with Gasteiger partial charge in [-0.15, -0.1) is 0 Å². The summed E-state index contributed by atoms with van der Waals surface area (Å²) in [5.74, 6) is 1.56. The average Bonchev–Trinajstić information content (AvgIpc) is 3.29. The number of aromatic amines is 1. The molecule has 3 N–H and O–H groups in total. The Morgan fingerprint density at radius 1 is 1.13 bits per heavy atom. The Labute approximate surface area is 179 Å². The smallest absolute Gasteiger partial charge is 0.157 e. The van der Waals surface area contributed by atoms with Gasteiger partial charge >= 0.3 is 0 Å². The van der Waals surface area contributed by atoms with Crippen molar-refractivity contribution in [3.8, 4) is 0 Å². The molecule has 1 aliphatic rings. The van der Waals surface area contributed by atoms with Gasteiger partial charge in [0.1, 0.15) is 23.9 Å². The highest BCUT2D eigenvalue weighted by molar-refractivity contribution is 6.00. The van der Waals surface area contributed by atoms with Crippen molar-refractivity contribution in [3.05, 3.63) is 55.1 Å². The molecule has 0 aliphatic carbocycles. The number of aromatic nitrogens is 5. The molecular formula is C22H24N8O. The molecule has 1 unspecified atom stereocenters. The molecule has 9 nitrogen and oxygen atoms in total. The Balaban J connectivity index is 1.49. The molecule has 1 saturated heterocycles. The predicted octanol–water partition coefficient (Wildman–Crippen LogP) is 2.58. The lowest BCUT2D eigenvalue weighted by Gasteiger charge is -2.37. The van der Waals surface area contributed by atoms with Gasteiger partial charge in [-0.2, -0.15) is 5.10 Å². The molecule has 0 bridgehead atoms. The van der Waals surface area contributed by atoms with Crippen molar-refractivity contribution in [2.24, 2.45) is 0 Å². The van der Waals surface area contributed by atoms with Crippen molar-refractivity contribution in [2.75, 3.05) is 36.4 Å². The summed E-state index contributed by atoms with van der Waals surface area (Å²) in [4.78, 5) is 17.9. The maximum Gasteiger partial charge on any atom is 0.157 e. The van der Waals surface area contributed by atoms with Crippen LogP contribution in [0, 0.1) is 6.92 Å². The number of aryl methyl sites for hydroxylation is 1. The van der Waals surface area contributed by atoms with Crippen molar-refractivity contribution in [2.45, 2.75) is 13.2 Å². The van der Waals surface area contributed by atoms with Crippen molar-refractivity contribution in [1.82, 2.24) is 30.0 Å². The van der Waals surface area contributed by atoms with Gasteiger partial charge in [0, 0.05) is 43.1 Å². The van der Waals surface area contributed by atoms with Gasteiger partial charge in [-0.3, -0.25) is 10.00 Å². The lowest BCUT2D eigenvalue weighted by molar-refractivity contribution is 0.0380. The van der Waals surface area contributed by atoms with Gasteiger partial charge in [-0.25, -0.2) is 15.0 Å². The molecule has 158 valence electrons. The van der Waals surface area contributed by atoms with Gasteiger partial charge in [0.15, 0.2) is 5.82 Å². The largest absolute Gasteiger partial charge is 0.375 e. The van der Waals surface area contributed by atoms with E-state index in [9.17, 15) is 5.11 Å². The van der Waals surface area contributed by atoms with E-state index in [0.717, 1.165) is 65.1 Å². The van der Waals surface area contributed by atoms with Crippen molar-refractivity contribution < 1.29 is 5.11 Å². The summed E-state index contributed by atoms with van der Waals surface area (Å²) < 4.78 is 0. The molecule has 1 atom stereocenters. The van der Waals surface area contributed by atoms with Crippen LogP contribution >= 0.6 is 0 Å². The molecule has 3 aromatic heterocycles. The third-order valence-electron chi connectivity index (χ3n) is 5.81. The minimum Gasteiger partial charge on any atom is -0.375 e. The summed E-state index contributed by atoms with van der Waals surface area (Å²) in [5.41, 5.74) is 3.78. The first-order valence-electron chi connectivity index (χ1n) is 10.2. The normalized spacial score (nSPS) is 16.0. The first kappa shape index (κ1) is 19.4. The molecule has 0 spiro atoms. The summed E-state index contributed by atoms with van der Waals surface area (Å²) in [6.07, 6.45) is 6.12. The van der Waals surface area contributed by atoms with E-state index in [0.29, 0.717) is 5.82 Å². The third-order valence-corrected chi connectivity index (χ3v) is 5.81. The lowest BCUT2D eigenvalue weighted by atomic mass is 10.1. The minimum atomic E-state index is -0.613. The Morgan fingerprint density at radius 3 is 2.77 bits per heavy atom. The quantitative estimate of drug-likeness (QED) is 0.426. The fourth-order valence-electron chi connectivity index (χ4n) is 4.08. The number of nitrogens with one attached hydrogen (secondary N) is 2. The van der Waals surface area contributed by atoms with Crippen LogP contribution in [0.5, 0.6) is 0 Å². The lowest BCUT2D eigenvalue weighted by Crippen LogP contribution is -2.50. The van der Waals surface area contributed by atoms with Crippen molar-refractivity contribution >= 4 is 39.1 Å². The number of pyridine rings is 1. The molecule has 4 heterocycles. The number of aliphatic hydroxyl groups excluding tert-OH is 1. The topological polar surface area (TPSA) is 106 Å². The van der Waals surface area contributed by atoms with E-state index in [1.54, 1.807) is 18.6 Å². The van der Waals surface area contributed by atoms with E-state index in [-0.39, 0.29) is 0 Å². The van der Waals surface area contributed by atoms with Crippen LogP contribution in [0.15, 0.2) is 49.6 Å². The molecule has 9 heteroatoms. The zero-order valence-electron chi connectivity index (χ0n) is 17.3. The molecule has 31 heavy (non-hydrogen) atoms. The number of aliphatic hydroxyl groups is 1. The van der Waals surface area contributed by atoms with Crippen LogP contribution < -0.4 is 10.2 Å². The number of rotatable bonds is 5. The second-order valence-electron chi connectivity index (χ2n) is 7.64.